The number of primary amides is 1. The molecule has 18 heavy (non-hydrogen) atoms. The summed E-state index contributed by atoms with van der Waals surface area (Å²) in [7, 11) is 0. The van der Waals surface area contributed by atoms with E-state index in [9.17, 15) is 4.79 Å². The number of nitrogens with two attached hydrogens (primary N) is 1. The zero-order valence-electron chi connectivity index (χ0n) is 9.71. The van der Waals surface area contributed by atoms with Gasteiger partial charge in [-0.05, 0) is 25.1 Å². The zero-order valence-corrected chi connectivity index (χ0v) is 11.3. The summed E-state index contributed by atoms with van der Waals surface area (Å²) in [6.45, 7) is 1.75. The monoisotopic (exact) mass is 281 g/mol. The third kappa shape index (κ3) is 2.86. The van der Waals surface area contributed by atoms with Crippen LogP contribution in [0.3, 0.4) is 0 Å². The van der Waals surface area contributed by atoms with Gasteiger partial charge in [-0.3, -0.25) is 9.36 Å². The number of halogens is 1. The minimum absolute atomic E-state index is 0.328. The fraction of sp³-hybridized carbons (Fsp3) is 0.167. The molecular formula is C12H12ClN3OS. The molecule has 1 aromatic carbocycles. The quantitative estimate of drug-likeness (QED) is 0.876. The van der Waals surface area contributed by atoms with Crippen LogP contribution in [0.15, 0.2) is 41.8 Å². The summed E-state index contributed by atoms with van der Waals surface area (Å²) in [5, 5.41) is 1.04. The van der Waals surface area contributed by atoms with E-state index in [2.05, 4.69) is 4.98 Å². The molecule has 0 aliphatic heterocycles. The minimum atomic E-state index is -0.361. The van der Waals surface area contributed by atoms with Crippen LogP contribution in [0.1, 0.15) is 6.92 Å². The SMILES string of the molecule is C[C@@H](Sc1nccn1-c1cccc(Cl)c1)C(N)=O. The highest BCUT2D eigenvalue weighted by molar-refractivity contribution is 8.00. The van der Waals surface area contributed by atoms with Crippen molar-refractivity contribution in [3.63, 3.8) is 0 Å². The topological polar surface area (TPSA) is 60.9 Å². The van der Waals surface area contributed by atoms with Gasteiger partial charge in [0.15, 0.2) is 5.16 Å². The molecule has 1 aromatic heterocycles. The van der Waals surface area contributed by atoms with Crippen molar-refractivity contribution in [1.82, 2.24) is 9.55 Å². The Hall–Kier alpha value is -1.46. The van der Waals surface area contributed by atoms with Crippen molar-refractivity contribution in [2.75, 3.05) is 0 Å². The first-order valence-electron chi connectivity index (χ1n) is 5.33. The normalized spacial score (nSPS) is 12.3. The van der Waals surface area contributed by atoms with Crippen molar-refractivity contribution in [2.45, 2.75) is 17.3 Å². The van der Waals surface area contributed by atoms with Gasteiger partial charge in [-0.1, -0.05) is 29.4 Å². The van der Waals surface area contributed by atoms with E-state index >= 15 is 0 Å². The molecule has 0 radical (unpaired) electrons. The Morgan fingerprint density at radius 2 is 2.33 bits per heavy atom. The van der Waals surface area contributed by atoms with Gasteiger partial charge in [0.2, 0.25) is 5.91 Å². The van der Waals surface area contributed by atoms with E-state index in [0.29, 0.717) is 10.2 Å². The molecule has 0 unspecified atom stereocenters. The number of carbonyl (C=O) groups is 1. The molecule has 0 saturated carbocycles. The van der Waals surface area contributed by atoms with Crippen LogP contribution >= 0.6 is 23.4 Å². The number of hydrogen-bond donors (Lipinski definition) is 1. The molecule has 4 nitrogen and oxygen atoms in total. The van der Waals surface area contributed by atoms with Crippen LogP contribution in [0, 0.1) is 0 Å². The molecule has 1 atom stereocenters. The minimum Gasteiger partial charge on any atom is -0.369 e. The number of imidazole rings is 1. The van der Waals surface area contributed by atoms with E-state index in [0.717, 1.165) is 5.69 Å². The second-order valence-electron chi connectivity index (χ2n) is 3.72. The van der Waals surface area contributed by atoms with E-state index in [4.69, 9.17) is 17.3 Å². The van der Waals surface area contributed by atoms with Crippen LogP contribution in [0.4, 0.5) is 0 Å². The van der Waals surface area contributed by atoms with Crippen molar-refractivity contribution in [1.29, 1.82) is 0 Å². The van der Waals surface area contributed by atoms with Crippen LogP contribution < -0.4 is 5.73 Å². The average molecular weight is 282 g/mol. The van der Waals surface area contributed by atoms with Gasteiger partial charge in [0, 0.05) is 23.1 Å². The first kappa shape index (κ1) is 13.0. The molecule has 0 spiro atoms. The molecule has 1 amide bonds. The van der Waals surface area contributed by atoms with Gasteiger partial charge in [-0.25, -0.2) is 4.98 Å². The zero-order chi connectivity index (χ0) is 13.1. The number of amides is 1. The number of benzene rings is 1. The van der Waals surface area contributed by atoms with E-state index in [1.807, 2.05) is 29.0 Å². The maximum absolute atomic E-state index is 11.1. The lowest BCUT2D eigenvalue weighted by Crippen LogP contribution is -2.22. The number of carbonyl (C=O) groups excluding carboxylic acids is 1. The van der Waals surface area contributed by atoms with Gasteiger partial charge in [-0.2, -0.15) is 0 Å². The molecular weight excluding hydrogens is 270 g/mol. The predicted octanol–water partition coefficient (Wildman–Crippen LogP) is 2.49. The molecule has 6 heteroatoms. The molecule has 1 heterocycles. The molecule has 0 fully saturated rings. The van der Waals surface area contributed by atoms with Crippen LogP contribution in [-0.2, 0) is 4.79 Å². The summed E-state index contributed by atoms with van der Waals surface area (Å²) in [5.41, 5.74) is 6.15. The fourth-order valence-electron chi connectivity index (χ4n) is 1.42. The van der Waals surface area contributed by atoms with Crippen LogP contribution in [0.2, 0.25) is 5.02 Å². The number of hydrogen-bond acceptors (Lipinski definition) is 3. The third-order valence-corrected chi connectivity index (χ3v) is 3.71. The third-order valence-electron chi connectivity index (χ3n) is 2.38. The van der Waals surface area contributed by atoms with E-state index < -0.39 is 0 Å². The highest BCUT2D eigenvalue weighted by Crippen LogP contribution is 2.25. The Balaban J connectivity index is 2.30. The van der Waals surface area contributed by atoms with Crippen LogP contribution in [0.5, 0.6) is 0 Å². The standard InChI is InChI=1S/C12H12ClN3OS/c1-8(11(14)17)18-12-15-5-6-16(12)10-4-2-3-9(13)7-10/h2-8H,1H3,(H2,14,17)/t8-/m1/s1. The van der Waals surface area contributed by atoms with E-state index in [1.165, 1.54) is 11.8 Å². The second kappa shape index (κ2) is 5.46. The summed E-state index contributed by atoms with van der Waals surface area (Å²) in [4.78, 5) is 15.3. The van der Waals surface area contributed by atoms with Crippen molar-refractivity contribution >= 4 is 29.3 Å². The lowest BCUT2D eigenvalue weighted by Gasteiger charge is -2.10. The van der Waals surface area contributed by atoms with E-state index in [-0.39, 0.29) is 11.2 Å². The fourth-order valence-corrected chi connectivity index (χ4v) is 2.43. The van der Waals surface area contributed by atoms with Gasteiger partial charge in [-0.15, -0.1) is 0 Å². The van der Waals surface area contributed by atoms with Crippen molar-refractivity contribution < 1.29 is 4.79 Å². The Kier molecular flexibility index (Phi) is 3.93. The van der Waals surface area contributed by atoms with Gasteiger partial charge >= 0.3 is 0 Å². The Bertz CT molecular complexity index is 570. The average Bonchev–Trinajstić information content (AvgIpc) is 2.77. The maximum atomic E-state index is 11.1. The Morgan fingerprint density at radius 3 is 3.00 bits per heavy atom. The van der Waals surface area contributed by atoms with Crippen LogP contribution in [-0.4, -0.2) is 20.7 Å². The number of nitrogens with zero attached hydrogens (tertiary/aromatic N) is 2. The maximum Gasteiger partial charge on any atom is 0.230 e. The first-order chi connectivity index (χ1) is 8.58. The summed E-state index contributed by atoms with van der Waals surface area (Å²) in [6, 6.07) is 7.43. The molecule has 2 rings (SSSR count). The highest BCUT2D eigenvalue weighted by Gasteiger charge is 2.14. The Labute approximate surface area is 114 Å². The molecule has 2 N–H and O–H groups in total. The summed E-state index contributed by atoms with van der Waals surface area (Å²) < 4.78 is 1.87. The van der Waals surface area contributed by atoms with E-state index in [1.54, 1.807) is 19.2 Å². The highest BCUT2D eigenvalue weighted by atomic mass is 35.5. The largest absolute Gasteiger partial charge is 0.369 e. The van der Waals surface area contributed by atoms with Gasteiger partial charge in [0.1, 0.15) is 0 Å². The van der Waals surface area contributed by atoms with Gasteiger partial charge in [0.25, 0.3) is 0 Å². The number of aromatic nitrogens is 2. The van der Waals surface area contributed by atoms with Crippen molar-refractivity contribution in [3.8, 4) is 5.69 Å². The summed E-state index contributed by atoms with van der Waals surface area (Å²) in [6.07, 6.45) is 3.50. The number of rotatable bonds is 4. The molecule has 0 saturated heterocycles. The van der Waals surface area contributed by atoms with Gasteiger partial charge in [0.05, 0.1) is 5.25 Å². The lowest BCUT2D eigenvalue weighted by atomic mass is 10.3. The molecule has 94 valence electrons. The molecule has 0 aliphatic carbocycles. The molecule has 0 bridgehead atoms. The number of thioether (sulfide) groups is 1. The summed E-state index contributed by atoms with van der Waals surface area (Å²) in [5.74, 6) is -0.361. The summed E-state index contributed by atoms with van der Waals surface area (Å²) >= 11 is 7.28. The van der Waals surface area contributed by atoms with Gasteiger partial charge < -0.3 is 5.73 Å². The Morgan fingerprint density at radius 1 is 1.56 bits per heavy atom. The van der Waals surface area contributed by atoms with Crippen molar-refractivity contribution in [2.24, 2.45) is 5.73 Å². The van der Waals surface area contributed by atoms with Crippen LogP contribution in [0.25, 0.3) is 5.69 Å². The smallest absolute Gasteiger partial charge is 0.230 e. The second-order valence-corrected chi connectivity index (χ2v) is 5.47. The molecule has 0 aliphatic rings. The van der Waals surface area contributed by atoms with Crippen molar-refractivity contribution in [3.05, 3.63) is 41.7 Å². The lowest BCUT2D eigenvalue weighted by molar-refractivity contribution is -0.117. The molecule has 2 aromatic rings. The first-order valence-corrected chi connectivity index (χ1v) is 6.59. The predicted molar refractivity (Wildman–Crippen MR) is 73.1 cm³/mol.